The lowest BCUT2D eigenvalue weighted by molar-refractivity contribution is 0.0924. The summed E-state index contributed by atoms with van der Waals surface area (Å²) in [4.78, 5) is 12.4. The highest BCUT2D eigenvalue weighted by Crippen LogP contribution is 2.30. The summed E-state index contributed by atoms with van der Waals surface area (Å²) >= 11 is 5.06. The molecule has 0 bridgehead atoms. The van der Waals surface area contributed by atoms with Gasteiger partial charge in [-0.25, -0.2) is 4.39 Å². The van der Waals surface area contributed by atoms with E-state index >= 15 is 0 Å². The van der Waals surface area contributed by atoms with E-state index in [0.29, 0.717) is 10.6 Å². The van der Waals surface area contributed by atoms with Crippen LogP contribution in [0.3, 0.4) is 0 Å². The van der Waals surface area contributed by atoms with E-state index in [1.807, 2.05) is 0 Å². The van der Waals surface area contributed by atoms with E-state index in [9.17, 15) is 9.18 Å². The van der Waals surface area contributed by atoms with Crippen LogP contribution in [0.1, 0.15) is 36.0 Å². The van der Waals surface area contributed by atoms with Crippen LogP contribution in [0.15, 0.2) is 24.3 Å². The summed E-state index contributed by atoms with van der Waals surface area (Å²) in [6.45, 7) is 0. The molecule has 1 aromatic rings. The molecular formula is C13H15FN2OS. The van der Waals surface area contributed by atoms with Gasteiger partial charge in [-0.3, -0.25) is 4.79 Å². The summed E-state index contributed by atoms with van der Waals surface area (Å²) in [5.41, 5.74) is 5.59. The van der Waals surface area contributed by atoms with Crippen LogP contribution in [-0.4, -0.2) is 16.4 Å². The molecule has 1 aliphatic carbocycles. The van der Waals surface area contributed by atoms with Crippen molar-refractivity contribution in [2.75, 3.05) is 0 Å². The second-order valence-electron chi connectivity index (χ2n) is 4.61. The highest BCUT2D eigenvalue weighted by molar-refractivity contribution is 7.80. The first-order valence-electron chi connectivity index (χ1n) is 5.91. The number of carbonyl (C=O) groups is 1. The Balaban J connectivity index is 2.15. The van der Waals surface area contributed by atoms with E-state index in [1.54, 1.807) is 0 Å². The Morgan fingerprint density at radius 1 is 1.28 bits per heavy atom. The molecule has 0 saturated heterocycles. The number of rotatable bonds is 3. The standard InChI is InChI=1S/C13H15FN2OS/c14-10-5-3-9(4-6-10)11(17)16-13(12(15)18)7-1-2-8-13/h3-6H,1-2,7-8H2,(H2,15,18)(H,16,17). The third kappa shape index (κ3) is 2.51. The second kappa shape index (κ2) is 5.02. The summed E-state index contributed by atoms with van der Waals surface area (Å²) in [6.07, 6.45) is 3.55. The first-order valence-corrected chi connectivity index (χ1v) is 6.32. The first-order chi connectivity index (χ1) is 8.53. The highest BCUT2D eigenvalue weighted by atomic mass is 32.1. The minimum absolute atomic E-state index is 0.260. The molecule has 1 aliphatic rings. The SMILES string of the molecule is NC(=S)C1(NC(=O)c2ccc(F)cc2)CCCC1. The smallest absolute Gasteiger partial charge is 0.252 e. The topological polar surface area (TPSA) is 55.1 Å². The Morgan fingerprint density at radius 2 is 1.83 bits per heavy atom. The molecular weight excluding hydrogens is 251 g/mol. The van der Waals surface area contributed by atoms with Gasteiger partial charge in [0.05, 0.1) is 10.5 Å². The van der Waals surface area contributed by atoms with E-state index in [1.165, 1.54) is 24.3 Å². The minimum Gasteiger partial charge on any atom is -0.391 e. The van der Waals surface area contributed by atoms with Crippen LogP contribution in [0.25, 0.3) is 0 Å². The maximum atomic E-state index is 12.8. The number of carbonyl (C=O) groups excluding carboxylic acids is 1. The Labute approximate surface area is 111 Å². The van der Waals surface area contributed by atoms with Crippen LogP contribution in [0.5, 0.6) is 0 Å². The zero-order chi connectivity index (χ0) is 13.2. The van der Waals surface area contributed by atoms with Crippen molar-refractivity contribution in [3.05, 3.63) is 35.6 Å². The lowest BCUT2D eigenvalue weighted by atomic mass is 9.97. The largest absolute Gasteiger partial charge is 0.391 e. The molecule has 1 fully saturated rings. The fourth-order valence-electron chi connectivity index (χ4n) is 2.30. The number of benzene rings is 1. The van der Waals surface area contributed by atoms with Gasteiger partial charge in [-0.1, -0.05) is 25.1 Å². The zero-order valence-electron chi connectivity index (χ0n) is 9.91. The van der Waals surface area contributed by atoms with Gasteiger partial charge in [0.2, 0.25) is 0 Å². The molecule has 1 amide bonds. The minimum atomic E-state index is -0.569. The average Bonchev–Trinajstić information content (AvgIpc) is 2.79. The van der Waals surface area contributed by atoms with Crippen molar-refractivity contribution in [2.45, 2.75) is 31.2 Å². The van der Waals surface area contributed by atoms with Gasteiger partial charge in [0.25, 0.3) is 5.91 Å². The maximum Gasteiger partial charge on any atom is 0.252 e. The van der Waals surface area contributed by atoms with Gasteiger partial charge in [-0.2, -0.15) is 0 Å². The molecule has 2 rings (SSSR count). The average molecular weight is 266 g/mol. The molecule has 0 radical (unpaired) electrons. The maximum absolute atomic E-state index is 12.8. The van der Waals surface area contributed by atoms with Crippen LogP contribution < -0.4 is 11.1 Å². The second-order valence-corrected chi connectivity index (χ2v) is 5.05. The van der Waals surface area contributed by atoms with Crippen LogP contribution in [0.2, 0.25) is 0 Å². The van der Waals surface area contributed by atoms with E-state index < -0.39 is 5.54 Å². The summed E-state index contributed by atoms with van der Waals surface area (Å²) < 4.78 is 12.8. The lowest BCUT2D eigenvalue weighted by Crippen LogP contribution is -2.54. The fourth-order valence-corrected chi connectivity index (χ4v) is 2.56. The summed E-state index contributed by atoms with van der Waals surface area (Å²) in [6, 6.07) is 5.42. The van der Waals surface area contributed by atoms with Gasteiger partial charge in [0.1, 0.15) is 5.82 Å². The van der Waals surface area contributed by atoms with Crippen LogP contribution in [0.4, 0.5) is 4.39 Å². The van der Waals surface area contributed by atoms with Crippen molar-refractivity contribution in [1.29, 1.82) is 0 Å². The third-order valence-electron chi connectivity index (χ3n) is 3.39. The molecule has 96 valence electrons. The summed E-state index contributed by atoms with van der Waals surface area (Å²) in [5.74, 6) is -0.624. The van der Waals surface area contributed by atoms with Crippen molar-refractivity contribution in [2.24, 2.45) is 5.73 Å². The number of amides is 1. The third-order valence-corrected chi connectivity index (χ3v) is 3.78. The molecule has 3 nitrogen and oxygen atoms in total. The van der Waals surface area contributed by atoms with Gasteiger partial charge in [0.15, 0.2) is 0 Å². The molecule has 3 N–H and O–H groups in total. The normalized spacial score (nSPS) is 17.4. The van der Waals surface area contributed by atoms with Gasteiger partial charge in [-0.15, -0.1) is 0 Å². The number of hydrogen-bond acceptors (Lipinski definition) is 2. The van der Waals surface area contributed by atoms with Gasteiger partial charge >= 0.3 is 0 Å². The Bertz CT molecular complexity index is 466. The molecule has 1 saturated carbocycles. The van der Waals surface area contributed by atoms with E-state index in [2.05, 4.69) is 5.32 Å². The quantitative estimate of drug-likeness (QED) is 0.824. The number of nitrogens with one attached hydrogen (secondary N) is 1. The number of halogens is 1. The fraction of sp³-hybridized carbons (Fsp3) is 0.385. The zero-order valence-corrected chi connectivity index (χ0v) is 10.7. The Morgan fingerprint density at radius 3 is 2.33 bits per heavy atom. The van der Waals surface area contributed by atoms with Crippen LogP contribution in [0, 0.1) is 5.82 Å². The monoisotopic (exact) mass is 266 g/mol. The van der Waals surface area contributed by atoms with Crippen LogP contribution >= 0.6 is 12.2 Å². The van der Waals surface area contributed by atoms with E-state index in [4.69, 9.17) is 18.0 Å². The molecule has 0 aliphatic heterocycles. The molecule has 0 heterocycles. The van der Waals surface area contributed by atoms with E-state index in [0.717, 1.165) is 25.7 Å². The van der Waals surface area contributed by atoms with Gasteiger partial charge in [-0.05, 0) is 37.1 Å². The molecule has 0 aromatic heterocycles. The van der Waals surface area contributed by atoms with Crippen molar-refractivity contribution in [3.63, 3.8) is 0 Å². The Hall–Kier alpha value is -1.49. The Kier molecular flexibility index (Phi) is 3.61. The summed E-state index contributed by atoms with van der Waals surface area (Å²) in [7, 11) is 0. The molecule has 18 heavy (non-hydrogen) atoms. The number of nitrogens with two attached hydrogens (primary N) is 1. The molecule has 0 spiro atoms. The van der Waals surface area contributed by atoms with Crippen LogP contribution in [-0.2, 0) is 0 Å². The van der Waals surface area contributed by atoms with Crippen molar-refractivity contribution < 1.29 is 9.18 Å². The number of hydrogen-bond donors (Lipinski definition) is 2. The predicted octanol–water partition coefficient (Wildman–Crippen LogP) is 2.15. The molecule has 5 heteroatoms. The molecule has 0 unspecified atom stereocenters. The highest BCUT2D eigenvalue weighted by Gasteiger charge is 2.38. The first kappa shape index (κ1) is 13.0. The van der Waals surface area contributed by atoms with Gasteiger partial charge in [0, 0.05) is 5.56 Å². The molecule has 1 aromatic carbocycles. The van der Waals surface area contributed by atoms with Crippen molar-refractivity contribution in [1.82, 2.24) is 5.32 Å². The number of thiocarbonyl (C=S) groups is 1. The predicted molar refractivity (Wildman–Crippen MR) is 71.9 cm³/mol. The molecule has 0 atom stereocenters. The van der Waals surface area contributed by atoms with Gasteiger partial charge < -0.3 is 11.1 Å². The van der Waals surface area contributed by atoms with Crippen molar-refractivity contribution in [3.8, 4) is 0 Å². The lowest BCUT2D eigenvalue weighted by Gasteiger charge is -2.29. The van der Waals surface area contributed by atoms with Crippen molar-refractivity contribution >= 4 is 23.1 Å². The summed E-state index contributed by atoms with van der Waals surface area (Å²) in [5, 5.41) is 2.90. The van der Waals surface area contributed by atoms with E-state index in [-0.39, 0.29) is 11.7 Å².